The second kappa shape index (κ2) is 6.91. The molecule has 2 heterocycles. The predicted octanol–water partition coefficient (Wildman–Crippen LogP) is 1.21. The molecule has 0 aromatic rings. The fourth-order valence-corrected chi connectivity index (χ4v) is 2.84. The van der Waals surface area contributed by atoms with Crippen LogP contribution in [0.2, 0.25) is 0 Å². The molecular weight excluding hydrogens is 270 g/mol. The van der Waals surface area contributed by atoms with Crippen LogP contribution < -0.4 is 5.32 Å². The second-order valence-electron chi connectivity index (χ2n) is 6.24. The summed E-state index contributed by atoms with van der Waals surface area (Å²) in [6.45, 7) is 6.51. The number of imide groups is 1. The summed E-state index contributed by atoms with van der Waals surface area (Å²) in [5.41, 5.74) is 0. The van der Waals surface area contributed by atoms with E-state index in [9.17, 15) is 14.4 Å². The molecule has 2 saturated heterocycles. The Kier molecular flexibility index (Phi) is 5.20. The van der Waals surface area contributed by atoms with Crippen molar-refractivity contribution in [1.82, 2.24) is 15.1 Å². The van der Waals surface area contributed by atoms with Crippen molar-refractivity contribution < 1.29 is 14.4 Å². The minimum absolute atomic E-state index is 0.0330. The van der Waals surface area contributed by atoms with Gasteiger partial charge in [0, 0.05) is 38.5 Å². The molecule has 0 aromatic heterocycles. The SMILES string of the molecule is CC1CCN(C(=O)NCCCN2C(=O)CC(C)C2=O)CC1. The van der Waals surface area contributed by atoms with Gasteiger partial charge in [0.15, 0.2) is 0 Å². The Hall–Kier alpha value is -1.59. The van der Waals surface area contributed by atoms with Gasteiger partial charge in [0.2, 0.25) is 11.8 Å². The van der Waals surface area contributed by atoms with E-state index in [-0.39, 0.29) is 23.8 Å². The number of nitrogens with zero attached hydrogens (tertiary/aromatic N) is 2. The number of rotatable bonds is 4. The molecule has 0 radical (unpaired) electrons. The number of hydrogen-bond donors (Lipinski definition) is 1. The Labute approximate surface area is 125 Å². The van der Waals surface area contributed by atoms with E-state index in [1.54, 1.807) is 6.92 Å². The van der Waals surface area contributed by atoms with E-state index < -0.39 is 0 Å². The minimum atomic E-state index is -0.192. The normalized spacial score (nSPS) is 23.8. The number of carbonyl (C=O) groups is 3. The molecule has 2 aliphatic rings. The van der Waals surface area contributed by atoms with Gasteiger partial charge in [-0.3, -0.25) is 14.5 Å². The zero-order chi connectivity index (χ0) is 15.4. The first-order valence-electron chi connectivity index (χ1n) is 7.86. The number of piperidine rings is 1. The van der Waals surface area contributed by atoms with Crippen LogP contribution in [0.4, 0.5) is 4.79 Å². The van der Waals surface area contributed by atoms with Crippen LogP contribution in [-0.4, -0.2) is 53.8 Å². The lowest BCUT2D eigenvalue weighted by atomic mass is 10.00. The van der Waals surface area contributed by atoms with Crippen molar-refractivity contribution in [1.29, 1.82) is 0 Å². The maximum atomic E-state index is 11.9. The molecule has 0 spiro atoms. The molecule has 1 unspecified atom stereocenters. The maximum Gasteiger partial charge on any atom is 0.317 e. The van der Waals surface area contributed by atoms with Crippen LogP contribution in [-0.2, 0) is 9.59 Å². The molecule has 4 amide bonds. The number of urea groups is 1. The molecule has 1 atom stereocenters. The molecule has 21 heavy (non-hydrogen) atoms. The van der Waals surface area contributed by atoms with Crippen LogP contribution in [0, 0.1) is 11.8 Å². The molecule has 2 aliphatic heterocycles. The molecule has 1 N–H and O–H groups in total. The van der Waals surface area contributed by atoms with Gasteiger partial charge in [0.25, 0.3) is 0 Å². The second-order valence-corrected chi connectivity index (χ2v) is 6.24. The smallest absolute Gasteiger partial charge is 0.317 e. The molecule has 2 rings (SSSR count). The topological polar surface area (TPSA) is 69.7 Å². The Bertz CT molecular complexity index is 416. The van der Waals surface area contributed by atoms with Crippen LogP contribution in [0.5, 0.6) is 0 Å². The lowest BCUT2D eigenvalue weighted by molar-refractivity contribution is -0.139. The molecule has 0 aromatic carbocycles. The summed E-state index contributed by atoms with van der Waals surface area (Å²) >= 11 is 0. The van der Waals surface area contributed by atoms with Gasteiger partial charge in [0.1, 0.15) is 0 Å². The quantitative estimate of drug-likeness (QED) is 0.626. The molecular formula is C15H25N3O3. The highest BCUT2D eigenvalue weighted by molar-refractivity contribution is 6.03. The van der Waals surface area contributed by atoms with Crippen molar-refractivity contribution in [2.45, 2.75) is 39.5 Å². The Balaban J connectivity index is 1.64. The van der Waals surface area contributed by atoms with E-state index in [2.05, 4.69) is 12.2 Å². The van der Waals surface area contributed by atoms with Crippen molar-refractivity contribution in [2.24, 2.45) is 11.8 Å². The summed E-state index contributed by atoms with van der Waals surface area (Å²) in [4.78, 5) is 38.5. The maximum absolute atomic E-state index is 11.9. The summed E-state index contributed by atoms with van der Waals surface area (Å²) < 4.78 is 0. The third-order valence-electron chi connectivity index (χ3n) is 4.38. The largest absolute Gasteiger partial charge is 0.338 e. The van der Waals surface area contributed by atoms with Crippen LogP contribution in [0.1, 0.15) is 39.5 Å². The third kappa shape index (κ3) is 3.95. The Morgan fingerprint density at radius 1 is 1.24 bits per heavy atom. The van der Waals surface area contributed by atoms with Crippen molar-refractivity contribution in [3.63, 3.8) is 0 Å². The molecule has 0 bridgehead atoms. The average Bonchev–Trinajstić information content (AvgIpc) is 2.69. The zero-order valence-electron chi connectivity index (χ0n) is 12.9. The van der Waals surface area contributed by atoms with Crippen LogP contribution in [0.3, 0.4) is 0 Å². The highest BCUT2D eigenvalue weighted by atomic mass is 16.2. The fourth-order valence-electron chi connectivity index (χ4n) is 2.84. The molecule has 0 saturated carbocycles. The Morgan fingerprint density at radius 3 is 2.48 bits per heavy atom. The van der Waals surface area contributed by atoms with Crippen LogP contribution >= 0.6 is 0 Å². The van der Waals surface area contributed by atoms with Gasteiger partial charge in [-0.05, 0) is 25.2 Å². The van der Waals surface area contributed by atoms with E-state index in [4.69, 9.17) is 0 Å². The monoisotopic (exact) mass is 295 g/mol. The van der Waals surface area contributed by atoms with Gasteiger partial charge in [-0.1, -0.05) is 13.8 Å². The van der Waals surface area contributed by atoms with Crippen molar-refractivity contribution in [2.75, 3.05) is 26.2 Å². The summed E-state index contributed by atoms with van der Waals surface area (Å²) in [7, 11) is 0. The number of hydrogen-bond acceptors (Lipinski definition) is 3. The van der Waals surface area contributed by atoms with Crippen molar-refractivity contribution in [3.05, 3.63) is 0 Å². The van der Waals surface area contributed by atoms with Gasteiger partial charge in [-0.25, -0.2) is 4.79 Å². The van der Waals surface area contributed by atoms with E-state index >= 15 is 0 Å². The van der Waals surface area contributed by atoms with Gasteiger partial charge < -0.3 is 10.2 Å². The van der Waals surface area contributed by atoms with E-state index in [1.807, 2.05) is 4.90 Å². The highest BCUT2D eigenvalue weighted by Gasteiger charge is 2.34. The molecule has 0 aliphatic carbocycles. The summed E-state index contributed by atoms with van der Waals surface area (Å²) in [5, 5.41) is 2.87. The van der Waals surface area contributed by atoms with Gasteiger partial charge in [-0.2, -0.15) is 0 Å². The molecule has 2 fully saturated rings. The standard InChI is InChI=1S/C15H25N3O3/c1-11-4-8-17(9-5-11)15(21)16-6-3-7-18-13(19)10-12(2)14(18)20/h11-12H,3-10H2,1-2H3,(H,16,21). The lowest BCUT2D eigenvalue weighted by Gasteiger charge is -2.30. The number of likely N-dealkylation sites (tertiary alicyclic amines) is 2. The van der Waals surface area contributed by atoms with E-state index in [0.29, 0.717) is 31.8 Å². The first-order valence-corrected chi connectivity index (χ1v) is 7.86. The first kappa shape index (κ1) is 15.8. The number of amides is 4. The zero-order valence-corrected chi connectivity index (χ0v) is 12.9. The van der Waals surface area contributed by atoms with E-state index in [0.717, 1.165) is 25.9 Å². The fraction of sp³-hybridized carbons (Fsp3) is 0.800. The van der Waals surface area contributed by atoms with Crippen LogP contribution in [0.25, 0.3) is 0 Å². The number of carbonyl (C=O) groups excluding carboxylic acids is 3. The molecule has 6 nitrogen and oxygen atoms in total. The predicted molar refractivity (Wildman–Crippen MR) is 78.5 cm³/mol. The third-order valence-corrected chi connectivity index (χ3v) is 4.38. The van der Waals surface area contributed by atoms with Crippen molar-refractivity contribution >= 4 is 17.8 Å². The van der Waals surface area contributed by atoms with Gasteiger partial charge in [-0.15, -0.1) is 0 Å². The molecule has 118 valence electrons. The van der Waals surface area contributed by atoms with Crippen molar-refractivity contribution in [3.8, 4) is 0 Å². The van der Waals surface area contributed by atoms with Crippen LogP contribution in [0.15, 0.2) is 0 Å². The molecule has 6 heteroatoms. The first-order chi connectivity index (χ1) is 9.99. The lowest BCUT2D eigenvalue weighted by Crippen LogP contribution is -2.44. The summed E-state index contributed by atoms with van der Waals surface area (Å²) in [5.74, 6) is 0.325. The summed E-state index contributed by atoms with van der Waals surface area (Å²) in [6, 6.07) is -0.0330. The summed E-state index contributed by atoms with van der Waals surface area (Å²) in [6.07, 6.45) is 3.04. The Morgan fingerprint density at radius 2 is 1.90 bits per heavy atom. The van der Waals surface area contributed by atoms with E-state index in [1.165, 1.54) is 4.90 Å². The highest BCUT2D eigenvalue weighted by Crippen LogP contribution is 2.18. The number of nitrogens with one attached hydrogen (secondary N) is 1. The van der Waals surface area contributed by atoms with Gasteiger partial charge in [0.05, 0.1) is 0 Å². The minimum Gasteiger partial charge on any atom is -0.338 e. The average molecular weight is 295 g/mol. The van der Waals surface area contributed by atoms with Gasteiger partial charge >= 0.3 is 6.03 Å².